The first kappa shape index (κ1) is 30.3. The Balaban J connectivity index is 1.40. The van der Waals surface area contributed by atoms with Crippen molar-refractivity contribution in [1.29, 1.82) is 0 Å². The van der Waals surface area contributed by atoms with Gasteiger partial charge in [-0.15, -0.1) is 0 Å². The molecular formula is C32H36ClN5O5. The number of rotatable bonds is 10. The molecule has 1 unspecified atom stereocenters. The van der Waals surface area contributed by atoms with Gasteiger partial charge in [0.2, 0.25) is 0 Å². The van der Waals surface area contributed by atoms with E-state index in [9.17, 15) is 9.59 Å². The second-order valence-corrected chi connectivity index (χ2v) is 10.7. The summed E-state index contributed by atoms with van der Waals surface area (Å²) in [7, 11) is 3.16. The van der Waals surface area contributed by atoms with Crippen LogP contribution in [0.4, 0.5) is 10.5 Å². The SMILES string of the molecule is COc1ccc(C2CC(c3ccccc3Cl)=NN2C(=O)CN(CCN2CCOCC2)C(=O)Nc2ccccc2OC)cc1. The first-order valence-corrected chi connectivity index (χ1v) is 14.6. The van der Waals surface area contributed by atoms with E-state index >= 15 is 0 Å². The molecule has 11 heteroatoms. The van der Waals surface area contributed by atoms with Gasteiger partial charge in [-0.1, -0.05) is 54.1 Å². The predicted molar refractivity (Wildman–Crippen MR) is 166 cm³/mol. The molecule has 0 spiro atoms. The molecule has 1 atom stereocenters. The van der Waals surface area contributed by atoms with Gasteiger partial charge in [0, 0.05) is 43.2 Å². The third-order valence-corrected chi connectivity index (χ3v) is 7.93. The summed E-state index contributed by atoms with van der Waals surface area (Å²) in [6.45, 7) is 3.60. The number of urea groups is 1. The van der Waals surface area contributed by atoms with Gasteiger partial charge in [0.1, 0.15) is 18.0 Å². The predicted octanol–water partition coefficient (Wildman–Crippen LogP) is 4.90. The number of ether oxygens (including phenoxy) is 3. The van der Waals surface area contributed by atoms with Gasteiger partial charge in [-0.2, -0.15) is 5.10 Å². The molecule has 0 saturated carbocycles. The summed E-state index contributed by atoms with van der Waals surface area (Å²) in [4.78, 5) is 31.4. The number of anilines is 1. The lowest BCUT2D eigenvalue weighted by atomic mass is 9.98. The Morgan fingerprint density at radius 2 is 1.72 bits per heavy atom. The largest absolute Gasteiger partial charge is 0.497 e. The summed E-state index contributed by atoms with van der Waals surface area (Å²) in [5.74, 6) is 0.942. The molecule has 226 valence electrons. The Morgan fingerprint density at radius 1 is 1.00 bits per heavy atom. The topological polar surface area (TPSA) is 95.9 Å². The molecule has 43 heavy (non-hydrogen) atoms. The van der Waals surface area contributed by atoms with Crippen molar-refractivity contribution in [3.63, 3.8) is 0 Å². The average Bonchev–Trinajstić information content (AvgIpc) is 3.49. The van der Waals surface area contributed by atoms with Gasteiger partial charge in [0.05, 0.1) is 44.9 Å². The Labute approximate surface area is 256 Å². The number of halogens is 1. The first-order chi connectivity index (χ1) is 21.0. The van der Waals surface area contributed by atoms with Crippen LogP contribution in [-0.4, -0.2) is 92.6 Å². The van der Waals surface area contributed by atoms with Gasteiger partial charge in [-0.05, 0) is 35.9 Å². The second-order valence-electron chi connectivity index (χ2n) is 10.3. The van der Waals surface area contributed by atoms with Crippen LogP contribution in [0.5, 0.6) is 11.5 Å². The van der Waals surface area contributed by atoms with Crippen LogP contribution >= 0.6 is 11.6 Å². The smallest absolute Gasteiger partial charge is 0.322 e. The van der Waals surface area contributed by atoms with E-state index in [2.05, 4.69) is 10.2 Å². The molecule has 0 radical (unpaired) electrons. The van der Waals surface area contributed by atoms with Crippen LogP contribution in [0.15, 0.2) is 77.9 Å². The number of nitrogens with one attached hydrogen (secondary N) is 1. The molecule has 3 aromatic rings. The van der Waals surface area contributed by atoms with E-state index in [1.807, 2.05) is 60.7 Å². The molecule has 0 bridgehead atoms. The van der Waals surface area contributed by atoms with Gasteiger partial charge in [0.15, 0.2) is 0 Å². The maximum absolute atomic E-state index is 14.0. The lowest BCUT2D eigenvalue weighted by molar-refractivity contribution is -0.133. The maximum atomic E-state index is 14.0. The lowest BCUT2D eigenvalue weighted by Crippen LogP contribution is -2.47. The Bertz CT molecular complexity index is 1440. The van der Waals surface area contributed by atoms with Gasteiger partial charge in [-0.25, -0.2) is 9.80 Å². The molecule has 1 N–H and O–H groups in total. The number of carbonyl (C=O) groups excluding carboxylic acids is 2. The minimum absolute atomic E-state index is 0.169. The van der Waals surface area contributed by atoms with E-state index in [4.69, 9.17) is 30.9 Å². The number of para-hydroxylation sites is 2. The second kappa shape index (κ2) is 14.4. The van der Waals surface area contributed by atoms with Crippen LogP contribution in [0.1, 0.15) is 23.6 Å². The van der Waals surface area contributed by atoms with Crippen LogP contribution in [0.2, 0.25) is 5.02 Å². The number of hydrogen-bond acceptors (Lipinski definition) is 7. The number of morpholine rings is 1. The van der Waals surface area contributed by atoms with Crippen molar-refractivity contribution in [3.8, 4) is 11.5 Å². The third kappa shape index (κ3) is 7.45. The first-order valence-electron chi connectivity index (χ1n) is 14.2. The number of nitrogens with zero attached hydrogens (tertiary/aromatic N) is 4. The van der Waals surface area contributed by atoms with E-state index in [1.54, 1.807) is 26.4 Å². The fraction of sp³-hybridized carbons (Fsp3) is 0.344. The number of hydrazone groups is 1. The molecule has 0 aliphatic carbocycles. The van der Waals surface area contributed by atoms with E-state index < -0.39 is 6.03 Å². The van der Waals surface area contributed by atoms with Gasteiger partial charge in [-0.3, -0.25) is 9.69 Å². The van der Waals surface area contributed by atoms with E-state index in [1.165, 1.54) is 9.91 Å². The standard InChI is InChI=1S/C32H36ClN5O5/c1-41-24-13-11-23(12-14-24)29-21-28(25-7-3-4-8-26(25)33)35-38(29)31(39)22-37(16-15-36-17-19-43-20-18-36)32(40)34-27-9-5-6-10-30(27)42-2/h3-14,29H,15-22H2,1-2H3,(H,34,40). The summed E-state index contributed by atoms with van der Waals surface area (Å²) < 4.78 is 16.2. The summed E-state index contributed by atoms with van der Waals surface area (Å²) in [5, 5.41) is 9.74. The molecule has 2 heterocycles. The van der Waals surface area contributed by atoms with Crippen molar-refractivity contribution in [2.75, 3.05) is 65.5 Å². The lowest BCUT2D eigenvalue weighted by Gasteiger charge is -2.31. The molecular weight excluding hydrogens is 570 g/mol. The summed E-state index contributed by atoms with van der Waals surface area (Å²) >= 11 is 6.52. The van der Waals surface area contributed by atoms with Crippen molar-refractivity contribution in [1.82, 2.24) is 14.8 Å². The van der Waals surface area contributed by atoms with Crippen molar-refractivity contribution < 1.29 is 23.8 Å². The van der Waals surface area contributed by atoms with Gasteiger partial charge in [0.25, 0.3) is 5.91 Å². The number of hydrogen-bond donors (Lipinski definition) is 1. The highest BCUT2D eigenvalue weighted by atomic mass is 35.5. The van der Waals surface area contributed by atoms with Gasteiger partial charge >= 0.3 is 6.03 Å². The Kier molecular flexibility index (Phi) is 10.1. The van der Waals surface area contributed by atoms with Crippen LogP contribution in [0.3, 0.4) is 0 Å². The molecule has 3 aromatic carbocycles. The third-order valence-electron chi connectivity index (χ3n) is 7.60. The number of amides is 3. The quantitative estimate of drug-likeness (QED) is 0.353. The monoisotopic (exact) mass is 605 g/mol. The molecule has 2 aliphatic rings. The van der Waals surface area contributed by atoms with Crippen molar-refractivity contribution >= 4 is 34.9 Å². The summed E-state index contributed by atoms with van der Waals surface area (Å²) in [5.41, 5.74) is 2.91. The zero-order valence-electron chi connectivity index (χ0n) is 24.4. The molecule has 10 nitrogen and oxygen atoms in total. The highest BCUT2D eigenvalue weighted by molar-refractivity contribution is 6.34. The zero-order chi connectivity index (χ0) is 30.2. The Morgan fingerprint density at radius 3 is 2.44 bits per heavy atom. The number of benzene rings is 3. The summed E-state index contributed by atoms with van der Waals surface area (Å²) in [6, 6.07) is 21.4. The minimum atomic E-state index is -0.401. The number of carbonyl (C=O) groups is 2. The van der Waals surface area contributed by atoms with Crippen molar-refractivity contribution in [2.24, 2.45) is 5.10 Å². The molecule has 1 saturated heterocycles. The summed E-state index contributed by atoms with van der Waals surface area (Å²) in [6.07, 6.45) is 0.475. The zero-order valence-corrected chi connectivity index (χ0v) is 25.1. The van der Waals surface area contributed by atoms with Gasteiger partial charge < -0.3 is 24.4 Å². The van der Waals surface area contributed by atoms with E-state index in [-0.39, 0.29) is 18.5 Å². The van der Waals surface area contributed by atoms with Crippen LogP contribution in [-0.2, 0) is 9.53 Å². The average molecular weight is 606 g/mol. The van der Waals surface area contributed by atoms with Crippen LogP contribution < -0.4 is 14.8 Å². The van der Waals surface area contributed by atoms with Crippen LogP contribution in [0, 0.1) is 0 Å². The van der Waals surface area contributed by atoms with E-state index in [0.717, 1.165) is 24.2 Å². The van der Waals surface area contributed by atoms with Crippen molar-refractivity contribution in [2.45, 2.75) is 12.5 Å². The van der Waals surface area contributed by atoms with Crippen LogP contribution in [0.25, 0.3) is 0 Å². The van der Waals surface area contributed by atoms with Crippen molar-refractivity contribution in [3.05, 3.63) is 88.9 Å². The fourth-order valence-electron chi connectivity index (χ4n) is 5.20. The molecule has 0 aromatic heterocycles. The Hall–Kier alpha value is -4.12. The highest BCUT2D eigenvalue weighted by Gasteiger charge is 2.35. The number of methoxy groups -OCH3 is 2. The van der Waals surface area contributed by atoms with E-state index in [0.29, 0.717) is 60.6 Å². The normalized spacial score (nSPS) is 16.9. The highest BCUT2D eigenvalue weighted by Crippen LogP contribution is 2.35. The molecule has 1 fully saturated rings. The fourth-order valence-corrected chi connectivity index (χ4v) is 5.45. The molecule has 5 rings (SSSR count). The molecule has 2 aliphatic heterocycles. The maximum Gasteiger partial charge on any atom is 0.322 e. The molecule has 3 amide bonds. The minimum Gasteiger partial charge on any atom is -0.497 e.